The van der Waals surface area contributed by atoms with Crippen LogP contribution in [0.15, 0.2) is 53.3 Å². The Morgan fingerprint density at radius 3 is 2.64 bits per heavy atom. The van der Waals surface area contributed by atoms with Crippen molar-refractivity contribution < 1.29 is 9.53 Å². The number of ether oxygens (including phenoxy) is 1. The number of carbonyl (C=O) groups excluding carboxylic acids is 1. The highest BCUT2D eigenvalue weighted by molar-refractivity contribution is 9.10. The Bertz CT molecular complexity index is 640. The van der Waals surface area contributed by atoms with Crippen molar-refractivity contribution >= 4 is 21.8 Å². The highest BCUT2D eigenvalue weighted by atomic mass is 79.9. The molecule has 4 nitrogen and oxygen atoms in total. The average Bonchev–Trinajstić information content (AvgIpc) is 2.56. The van der Waals surface area contributed by atoms with Gasteiger partial charge in [-0.15, -0.1) is 0 Å². The van der Waals surface area contributed by atoms with Crippen LogP contribution >= 0.6 is 15.9 Å². The number of hydrogen-bond donors (Lipinski definition) is 0. The summed E-state index contributed by atoms with van der Waals surface area (Å²) in [6.07, 6.45) is 5.27. The summed E-state index contributed by atoms with van der Waals surface area (Å²) < 4.78 is 6.74. The molecule has 2 aromatic rings. The van der Waals surface area contributed by atoms with Gasteiger partial charge in [-0.1, -0.05) is 12.1 Å². The van der Waals surface area contributed by atoms with Crippen molar-refractivity contribution in [2.45, 2.75) is 18.9 Å². The van der Waals surface area contributed by atoms with Crippen LogP contribution in [-0.2, 0) is 0 Å². The molecule has 2 heterocycles. The number of aromatic nitrogens is 1. The van der Waals surface area contributed by atoms with E-state index in [1.165, 1.54) is 0 Å². The van der Waals surface area contributed by atoms with Crippen LogP contribution in [0.2, 0.25) is 0 Å². The van der Waals surface area contributed by atoms with E-state index in [4.69, 9.17) is 4.74 Å². The first-order chi connectivity index (χ1) is 10.7. The maximum absolute atomic E-state index is 12.5. The zero-order chi connectivity index (χ0) is 15.4. The number of carbonyl (C=O) groups is 1. The van der Waals surface area contributed by atoms with Crippen LogP contribution in [0.4, 0.5) is 0 Å². The van der Waals surface area contributed by atoms with Crippen molar-refractivity contribution in [2.24, 2.45) is 0 Å². The Labute approximate surface area is 138 Å². The molecule has 0 N–H and O–H groups in total. The lowest BCUT2D eigenvalue weighted by Crippen LogP contribution is -2.41. The van der Waals surface area contributed by atoms with Gasteiger partial charge in [0.2, 0.25) is 0 Å². The zero-order valence-corrected chi connectivity index (χ0v) is 13.7. The van der Waals surface area contributed by atoms with Gasteiger partial charge in [-0.25, -0.2) is 0 Å². The van der Waals surface area contributed by atoms with Gasteiger partial charge in [-0.05, 0) is 40.2 Å². The summed E-state index contributed by atoms with van der Waals surface area (Å²) in [7, 11) is 0. The largest absolute Gasteiger partial charge is 0.489 e. The Hall–Kier alpha value is -1.88. The van der Waals surface area contributed by atoms with Crippen LogP contribution < -0.4 is 4.74 Å². The molecule has 0 spiro atoms. The third kappa shape index (κ3) is 3.47. The quantitative estimate of drug-likeness (QED) is 0.840. The van der Waals surface area contributed by atoms with Gasteiger partial charge in [-0.2, -0.15) is 0 Å². The number of amides is 1. The lowest BCUT2D eigenvalue weighted by atomic mass is 10.1. The zero-order valence-electron chi connectivity index (χ0n) is 12.1. The molecule has 1 saturated heterocycles. The molecule has 0 atom stereocenters. The standard InChI is InChI=1S/C17H17BrN2O2/c18-16-6-2-1-5-15(16)17(21)20-10-7-13(8-11-20)22-14-4-3-9-19-12-14/h1-6,9,12-13H,7-8,10-11H2. The van der Waals surface area contributed by atoms with E-state index in [0.717, 1.165) is 23.1 Å². The summed E-state index contributed by atoms with van der Waals surface area (Å²) in [5.74, 6) is 0.866. The molecule has 0 unspecified atom stereocenters. The monoisotopic (exact) mass is 360 g/mol. The number of piperidine rings is 1. The van der Waals surface area contributed by atoms with Gasteiger partial charge in [0, 0.05) is 36.6 Å². The molecule has 1 aromatic heterocycles. The fourth-order valence-corrected chi connectivity index (χ4v) is 3.05. The summed E-state index contributed by atoms with van der Waals surface area (Å²) >= 11 is 3.44. The van der Waals surface area contributed by atoms with Crippen LogP contribution in [0.5, 0.6) is 5.75 Å². The molecule has 1 fully saturated rings. The number of pyridine rings is 1. The topological polar surface area (TPSA) is 42.4 Å². The Balaban J connectivity index is 1.58. The molecule has 1 aliphatic heterocycles. The van der Waals surface area contributed by atoms with Crippen LogP contribution in [0.1, 0.15) is 23.2 Å². The maximum atomic E-state index is 12.5. The second-order valence-electron chi connectivity index (χ2n) is 5.28. The molecule has 0 aliphatic carbocycles. The SMILES string of the molecule is O=C(c1ccccc1Br)N1CCC(Oc2cccnc2)CC1. The van der Waals surface area contributed by atoms with Gasteiger partial charge in [0.05, 0.1) is 11.8 Å². The van der Waals surface area contributed by atoms with E-state index in [9.17, 15) is 4.79 Å². The van der Waals surface area contributed by atoms with Crippen molar-refractivity contribution in [3.05, 3.63) is 58.8 Å². The molecule has 0 saturated carbocycles. The Kier molecular flexibility index (Phi) is 4.73. The molecular weight excluding hydrogens is 344 g/mol. The molecule has 1 aliphatic rings. The number of likely N-dealkylation sites (tertiary alicyclic amines) is 1. The van der Waals surface area contributed by atoms with Gasteiger partial charge >= 0.3 is 0 Å². The summed E-state index contributed by atoms with van der Waals surface area (Å²) in [4.78, 5) is 18.5. The Morgan fingerprint density at radius 2 is 1.95 bits per heavy atom. The summed E-state index contributed by atoms with van der Waals surface area (Å²) in [5.41, 5.74) is 0.717. The van der Waals surface area contributed by atoms with Crippen molar-refractivity contribution in [3.63, 3.8) is 0 Å². The first-order valence-electron chi connectivity index (χ1n) is 7.34. The van der Waals surface area contributed by atoms with Gasteiger partial charge in [-0.3, -0.25) is 9.78 Å². The second kappa shape index (κ2) is 6.92. The highest BCUT2D eigenvalue weighted by Gasteiger charge is 2.25. The van der Waals surface area contributed by atoms with Gasteiger partial charge < -0.3 is 9.64 Å². The fraction of sp³-hybridized carbons (Fsp3) is 0.294. The number of halogens is 1. The predicted molar refractivity (Wildman–Crippen MR) is 87.9 cm³/mol. The van der Waals surface area contributed by atoms with Crippen LogP contribution in [0.25, 0.3) is 0 Å². The Morgan fingerprint density at radius 1 is 1.18 bits per heavy atom. The van der Waals surface area contributed by atoms with E-state index < -0.39 is 0 Å². The van der Waals surface area contributed by atoms with E-state index in [0.29, 0.717) is 18.7 Å². The van der Waals surface area contributed by atoms with Crippen molar-refractivity contribution in [1.82, 2.24) is 9.88 Å². The van der Waals surface area contributed by atoms with Crippen LogP contribution in [0.3, 0.4) is 0 Å². The molecular formula is C17H17BrN2O2. The van der Waals surface area contributed by atoms with Gasteiger partial charge in [0.1, 0.15) is 11.9 Å². The number of nitrogens with zero attached hydrogens (tertiary/aromatic N) is 2. The summed E-state index contributed by atoms with van der Waals surface area (Å²) in [6.45, 7) is 1.43. The normalized spacial score (nSPS) is 15.6. The van der Waals surface area contributed by atoms with E-state index in [-0.39, 0.29) is 12.0 Å². The van der Waals surface area contributed by atoms with E-state index in [1.54, 1.807) is 12.4 Å². The molecule has 0 radical (unpaired) electrons. The predicted octanol–water partition coefficient (Wildman–Crippen LogP) is 3.53. The lowest BCUT2D eigenvalue weighted by Gasteiger charge is -2.32. The number of benzene rings is 1. The molecule has 22 heavy (non-hydrogen) atoms. The first kappa shape index (κ1) is 15.0. The molecule has 3 rings (SSSR count). The first-order valence-corrected chi connectivity index (χ1v) is 8.14. The smallest absolute Gasteiger partial charge is 0.255 e. The molecule has 5 heteroatoms. The molecule has 114 valence electrons. The highest BCUT2D eigenvalue weighted by Crippen LogP contribution is 2.22. The fourth-order valence-electron chi connectivity index (χ4n) is 2.59. The van der Waals surface area contributed by atoms with Crippen molar-refractivity contribution in [2.75, 3.05) is 13.1 Å². The minimum Gasteiger partial charge on any atom is -0.489 e. The average molecular weight is 361 g/mol. The van der Waals surface area contributed by atoms with Gasteiger partial charge in [0.15, 0.2) is 0 Å². The third-order valence-electron chi connectivity index (χ3n) is 3.77. The lowest BCUT2D eigenvalue weighted by molar-refractivity contribution is 0.0594. The second-order valence-corrected chi connectivity index (χ2v) is 6.13. The van der Waals surface area contributed by atoms with Crippen LogP contribution in [-0.4, -0.2) is 35.0 Å². The molecule has 0 bridgehead atoms. The number of rotatable bonds is 3. The minimum atomic E-state index is 0.0762. The van der Waals surface area contributed by atoms with Gasteiger partial charge in [0.25, 0.3) is 5.91 Å². The minimum absolute atomic E-state index is 0.0762. The van der Waals surface area contributed by atoms with E-state index >= 15 is 0 Å². The van der Waals surface area contributed by atoms with Crippen molar-refractivity contribution in [3.8, 4) is 5.75 Å². The number of hydrogen-bond acceptors (Lipinski definition) is 3. The van der Waals surface area contributed by atoms with E-state index in [1.807, 2.05) is 41.3 Å². The summed E-state index contributed by atoms with van der Waals surface area (Å²) in [6, 6.07) is 11.3. The molecule has 1 aromatic carbocycles. The van der Waals surface area contributed by atoms with Crippen molar-refractivity contribution in [1.29, 1.82) is 0 Å². The third-order valence-corrected chi connectivity index (χ3v) is 4.46. The maximum Gasteiger partial charge on any atom is 0.255 e. The van der Waals surface area contributed by atoms with E-state index in [2.05, 4.69) is 20.9 Å². The van der Waals surface area contributed by atoms with Crippen LogP contribution in [0, 0.1) is 0 Å². The summed E-state index contributed by atoms with van der Waals surface area (Å²) in [5, 5.41) is 0. The molecule has 1 amide bonds.